The van der Waals surface area contributed by atoms with E-state index in [4.69, 9.17) is 0 Å². The van der Waals surface area contributed by atoms with Gasteiger partial charge in [-0.05, 0) is 45.6 Å². The Morgan fingerprint density at radius 1 is 1.10 bits per heavy atom. The smallest absolute Gasteiger partial charge is 0.259 e. The molecule has 1 aromatic carbocycles. The lowest BCUT2D eigenvalue weighted by atomic mass is 10.0. The third-order valence-corrected chi connectivity index (χ3v) is 5.48. The van der Waals surface area contributed by atoms with Crippen molar-refractivity contribution in [2.24, 2.45) is 0 Å². The lowest BCUT2D eigenvalue weighted by molar-refractivity contribution is 0.0633. The van der Waals surface area contributed by atoms with E-state index in [2.05, 4.69) is 5.32 Å². The van der Waals surface area contributed by atoms with Crippen molar-refractivity contribution in [3.63, 3.8) is 0 Å². The number of nitrogens with one attached hydrogen (secondary N) is 1. The summed E-state index contributed by atoms with van der Waals surface area (Å²) in [6.07, 6.45) is 6.09. The first kappa shape index (κ1) is 20.8. The maximum Gasteiger partial charge on any atom is 0.259 e. The molecule has 29 heavy (non-hydrogen) atoms. The fourth-order valence-electron chi connectivity index (χ4n) is 3.64. The number of benzene rings is 1. The van der Waals surface area contributed by atoms with Crippen molar-refractivity contribution in [3.05, 3.63) is 69.6 Å². The molecule has 0 radical (unpaired) electrons. The van der Waals surface area contributed by atoms with E-state index in [-0.39, 0.29) is 29.1 Å². The summed E-state index contributed by atoms with van der Waals surface area (Å²) in [4.78, 5) is 40.7. The molecule has 1 atom stereocenters. The second-order valence-corrected chi connectivity index (χ2v) is 7.97. The quantitative estimate of drug-likeness (QED) is 0.844. The van der Waals surface area contributed by atoms with Crippen LogP contribution in [0.5, 0.6) is 0 Å². The van der Waals surface area contributed by atoms with Crippen molar-refractivity contribution in [2.75, 3.05) is 6.54 Å². The Hall–Kier alpha value is -2.89. The van der Waals surface area contributed by atoms with Crippen LogP contribution in [0, 0.1) is 0 Å². The molecule has 3 rings (SSSR count). The summed E-state index contributed by atoms with van der Waals surface area (Å²) in [5, 5.41) is 2.80. The summed E-state index contributed by atoms with van der Waals surface area (Å²) < 4.78 is 1.76. The number of aromatic nitrogens is 1. The molecule has 6 heteroatoms. The highest BCUT2D eigenvalue weighted by atomic mass is 16.2. The van der Waals surface area contributed by atoms with Crippen LogP contribution in [0.3, 0.4) is 0 Å². The molecule has 0 bridgehead atoms. The molecule has 0 saturated carbocycles. The monoisotopic (exact) mass is 395 g/mol. The minimum absolute atomic E-state index is 0.00476. The zero-order chi connectivity index (χ0) is 21.0. The molecule has 1 saturated heterocycles. The largest absolute Gasteiger partial charge is 0.350 e. The number of likely N-dealkylation sites (tertiary alicyclic amines) is 1. The van der Waals surface area contributed by atoms with E-state index in [1.807, 2.05) is 51.1 Å². The second-order valence-electron chi connectivity index (χ2n) is 7.97. The van der Waals surface area contributed by atoms with E-state index in [1.165, 1.54) is 0 Å². The Bertz CT molecular complexity index is 934. The Balaban J connectivity index is 1.91. The minimum Gasteiger partial charge on any atom is -0.350 e. The normalized spacial score (nSPS) is 16.7. The predicted octanol–water partition coefficient (Wildman–Crippen LogP) is 3.37. The summed E-state index contributed by atoms with van der Waals surface area (Å²) in [5.74, 6) is -0.746. The number of piperidine rings is 1. The molecule has 0 spiro atoms. The summed E-state index contributed by atoms with van der Waals surface area (Å²) >= 11 is 0. The maximum atomic E-state index is 13.1. The van der Waals surface area contributed by atoms with E-state index < -0.39 is 11.3 Å². The topological polar surface area (TPSA) is 71.4 Å². The van der Waals surface area contributed by atoms with Crippen LogP contribution in [0.15, 0.2) is 47.5 Å². The summed E-state index contributed by atoms with van der Waals surface area (Å²) in [7, 11) is 0. The van der Waals surface area contributed by atoms with Crippen LogP contribution in [0.1, 0.15) is 72.4 Å². The molecule has 0 aliphatic carbocycles. The molecule has 1 aliphatic rings. The van der Waals surface area contributed by atoms with Crippen molar-refractivity contribution < 1.29 is 9.59 Å². The number of hydrogen-bond acceptors (Lipinski definition) is 3. The molecule has 6 nitrogen and oxygen atoms in total. The zero-order valence-electron chi connectivity index (χ0n) is 17.4. The number of nitrogens with zero attached hydrogens (tertiary/aromatic N) is 2. The van der Waals surface area contributed by atoms with Crippen LogP contribution in [-0.4, -0.2) is 33.9 Å². The standard InChI is InChI=1S/C23H29N3O3/c1-16(2)25-14-19(22(28)24-13-18-10-5-4-6-11-18)21(27)20(15-25)23(29)26-12-8-7-9-17(26)3/h4-6,10-11,14-17H,7-9,12-13H2,1-3H3,(H,24,28). The molecule has 1 aliphatic heterocycles. The van der Waals surface area contributed by atoms with Gasteiger partial charge in [-0.15, -0.1) is 0 Å². The lowest BCUT2D eigenvalue weighted by Gasteiger charge is -2.33. The van der Waals surface area contributed by atoms with Gasteiger partial charge >= 0.3 is 0 Å². The van der Waals surface area contributed by atoms with Gasteiger partial charge in [0, 0.05) is 37.6 Å². The number of amides is 2. The van der Waals surface area contributed by atoms with Crippen LogP contribution in [-0.2, 0) is 6.54 Å². The number of carbonyl (C=O) groups excluding carboxylic acids is 2. The van der Waals surface area contributed by atoms with Crippen LogP contribution >= 0.6 is 0 Å². The molecule has 1 N–H and O–H groups in total. The number of carbonyl (C=O) groups is 2. The Labute approximate surface area is 171 Å². The van der Waals surface area contributed by atoms with Gasteiger partial charge in [0.25, 0.3) is 11.8 Å². The van der Waals surface area contributed by atoms with Gasteiger partial charge in [0.05, 0.1) is 0 Å². The van der Waals surface area contributed by atoms with Crippen molar-refractivity contribution in [2.45, 2.75) is 58.7 Å². The first-order valence-electron chi connectivity index (χ1n) is 10.3. The molecule has 1 aromatic heterocycles. The fraction of sp³-hybridized carbons (Fsp3) is 0.435. The predicted molar refractivity (Wildman–Crippen MR) is 113 cm³/mol. The van der Waals surface area contributed by atoms with Gasteiger partial charge in [0.2, 0.25) is 5.43 Å². The first-order chi connectivity index (χ1) is 13.9. The van der Waals surface area contributed by atoms with E-state index in [1.54, 1.807) is 21.9 Å². The SMILES string of the molecule is CC1CCCCN1C(=O)c1cn(C(C)C)cc(C(=O)NCc2ccccc2)c1=O. The Morgan fingerprint density at radius 2 is 1.79 bits per heavy atom. The Kier molecular flexibility index (Phi) is 6.52. The average Bonchev–Trinajstić information content (AvgIpc) is 2.72. The van der Waals surface area contributed by atoms with Crippen LogP contribution in [0.2, 0.25) is 0 Å². The highest BCUT2D eigenvalue weighted by molar-refractivity contribution is 5.99. The molecule has 2 amide bonds. The summed E-state index contributed by atoms with van der Waals surface area (Å²) in [5.41, 5.74) is 0.514. The maximum absolute atomic E-state index is 13.1. The van der Waals surface area contributed by atoms with E-state index in [0.717, 1.165) is 24.8 Å². The molecular formula is C23H29N3O3. The van der Waals surface area contributed by atoms with E-state index >= 15 is 0 Å². The molecule has 154 valence electrons. The van der Waals surface area contributed by atoms with Gasteiger partial charge < -0.3 is 14.8 Å². The van der Waals surface area contributed by atoms with Crippen molar-refractivity contribution in [3.8, 4) is 0 Å². The summed E-state index contributed by atoms with van der Waals surface area (Å²) in [6, 6.07) is 9.62. The highest BCUT2D eigenvalue weighted by Gasteiger charge is 2.28. The fourth-order valence-corrected chi connectivity index (χ4v) is 3.64. The number of pyridine rings is 1. The highest BCUT2D eigenvalue weighted by Crippen LogP contribution is 2.19. The number of hydrogen-bond donors (Lipinski definition) is 1. The van der Waals surface area contributed by atoms with Crippen molar-refractivity contribution in [1.29, 1.82) is 0 Å². The van der Waals surface area contributed by atoms with Gasteiger partial charge in [0.15, 0.2) is 0 Å². The van der Waals surface area contributed by atoms with Crippen molar-refractivity contribution >= 4 is 11.8 Å². The third kappa shape index (κ3) is 4.75. The van der Waals surface area contributed by atoms with Gasteiger partial charge in [-0.25, -0.2) is 0 Å². The van der Waals surface area contributed by atoms with Crippen LogP contribution < -0.4 is 10.7 Å². The molecule has 1 fully saturated rings. The molecule has 2 heterocycles. The van der Waals surface area contributed by atoms with Gasteiger partial charge in [-0.3, -0.25) is 14.4 Å². The van der Waals surface area contributed by atoms with Gasteiger partial charge in [-0.1, -0.05) is 30.3 Å². The van der Waals surface area contributed by atoms with Crippen molar-refractivity contribution in [1.82, 2.24) is 14.8 Å². The minimum atomic E-state index is -0.504. The molecule has 1 unspecified atom stereocenters. The van der Waals surface area contributed by atoms with Crippen LogP contribution in [0.25, 0.3) is 0 Å². The summed E-state index contributed by atoms with van der Waals surface area (Å²) in [6.45, 7) is 6.88. The van der Waals surface area contributed by atoms with E-state index in [0.29, 0.717) is 13.1 Å². The number of rotatable bonds is 5. The second kappa shape index (κ2) is 9.07. The lowest BCUT2D eigenvalue weighted by Crippen LogP contribution is -2.44. The first-order valence-corrected chi connectivity index (χ1v) is 10.3. The van der Waals surface area contributed by atoms with Gasteiger partial charge in [-0.2, -0.15) is 0 Å². The van der Waals surface area contributed by atoms with Gasteiger partial charge in [0.1, 0.15) is 11.1 Å². The van der Waals surface area contributed by atoms with E-state index in [9.17, 15) is 14.4 Å². The average molecular weight is 396 g/mol. The Morgan fingerprint density at radius 3 is 2.45 bits per heavy atom. The third-order valence-electron chi connectivity index (χ3n) is 5.48. The zero-order valence-corrected chi connectivity index (χ0v) is 17.4. The molecular weight excluding hydrogens is 366 g/mol. The van der Waals surface area contributed by atoms with Crippen LogP contribution in [0.4, 0.5) is 0 Å². The molecule has 2 aromatic rings.